The van der Waals surface area contributed by atoms with Crippen LogP contribution in [0.25, 0.3) is 0 Å². The van der Waals surface area contributed by atoms with Gasteiger partial charge in [0.25, 0.3) is 10.0 Å². The molecule has 1 atom stereocenters. The largest absolute Gasteiger partial charge is 0.352 e. The van der Waals surface area contributed by atoms with E-state index in [1.807, 2.05) is 0 Å². The lowest BCUT2D eigenvalue weighted by molar-refractivity contribution is -0.139. The summed E-state index contributed by atoms with van der Waals surface area (Å²) in [5.74, 6) is -0.958. The van der Waals surface area contributed by atoms with E-state index in [0.717, 1.165) is 36.4 Å². The van der Waals surface area contributed by atoms with Gasteiger partial charge < -0.3 is 10.2 Å². The smallest absolute Gasteiger partial charge is 0.264 e. The van der Waals surface area contributed by atoms with Crippen molar-refractivity contribution in [1.82, 2.24) is 10.2 Å². The van der Waals surface area contributed by atoms with Crippen molar-refractivity contribution in [3.05, 3.63) is 92.4 Å². The molecule has 42 heavy (non-hydrogen) atoms. The first-order valence-corrected chi connectivity index (χ1v) is 16.5. The fourth-order valence-corrected chi connectivity index (χ4v) is 7.38. The quantitative estimate of drug-likeness (QED) is 0.244. The topological polar surface area (TPSA) is 86.8 Å². The van der Waals surface area contributed by atoms with Gasteiger partial charge in [0, 0.05) is 27.7 Å². The number of carbonyl (C=O) groups excluding carboxylic acids is 2. The molecule has 0 aromatic heterocycles. The van der Waals surface area contributed by atoms with Crippen molar-refractivity contribution in [2.24, 2.45) is 0 Å². The van der Waals surface area contributed by atoms with Gasteiger partial charge in [-0.25, -0.2) is 8.42 Å². The first-order chi connectivity index (χ1) is 20.0. The van der Waals surface area contributed by atoms with Crippen LogP contribution in [0.15, 0.2) is 71.6 Å². The Morgan fingerprint density at radius 2 is 1.50 bits per heavy atom. The Kier molecular flexibility index (Phi) is 11.1. The summed E-state index contributed by atoms with van der Waals surface area (Å²) in [6.45, 7) is 0.928. The zero-order valence-electron chi connectivity index (χ0n) is 22.9. The summed E-state index contributed by atoms with van der Waals surface area (Å²) in [5, 5.41) is 4.15. The summed E-state index contributed by atoms with van der Waals surface area (Å²) >= 11 is 25.1. The average Bonchev–Trinajstić information content (AvgIpc) is 2.96. The van der Waals surface area contributed by atoms with E-state index in [1.54, 1.807) is 43.3 Å². The Balaban J connectivity index is 1.71. The number of hydrogen-bond donors (Lipinski definition) is 1. The fourth-order valence-electron chi connectivity index (χ4n) is 4.90. The third-order valence-electron chi connectivity index (χ3n) is 7.26. The third-order valence-corrected chi connectivity index (χ3v) is 10.2. The van der Waals surface area contributed by atoms with Crippen molar-refractivity contribution in [2.45, 2.75) is 62.6 Å². The molecule has 4 rings (SSSR count). The highest BCUT2D eigenvalue weighted by Crippen LogP contribution is 2.33. The summed E-state index contributed by atoms with van der Waals surface area (Å²) in [6.07, 6.45) is 4.91. The first-order valence-electron chi connectivity index (χ1n) is 13.5. The van der Waals surface area contributed by atoms with Crippen molar-refractivity contribution < 1.29 is 18.0 Å². The second kappa shape index (κ2) is 14.3. The van der Waals surface area contributed by atoms with Gasteiger partial charge in [-0.1, -0.05) is 89.9 Å². The predicted octanol–water partition coefficient (Wildman–Crippen LogP) is 7.36. The first kappa shape index (κ1) is 32.4. The van der Waals surface area contributed by atoms with Gasteiger partial charge in [-0.05, 0) is 67.8 Å². The summed E-state index contributed by atoms with van der Waals surface area (Å²) in [5.41, 5.74) is 0.621. The Morgan fingerprint density at radius 1 is 0.881 bits per heavy atom. The molecule has 0 aliphatic heterocycles. The molecule has 1 N–H and O–H groups in total. The van der Waals surface area contributed by atoms with Crippen molar-refractivity contribution in [3.63, 3.8) is 0 Å². The maximum Gasteiger partial charge on any atom is 0.264 e. The van der Waals surface area contributed by atoms with E-state index in [4.69, 9.17) is 46.4 Å². The maximum absolute atomic E-state index is 14.1. The molecule has 2 amide bonds. The highest BCUT2D eigenvalue weighted by molar-refractivity contribution is 7.92. The molecule has 0 heterocycles. The fraction of sp³-hybridized carbons (Fsp3) is 0.333. The van der Waals surface area contributed by atoms with Crippen molar-refractivity contribution in [1.29, 1.82) is 0 Å². The van der Waals surface area contributed by atoms with Gasteiger partial charge in [0.1, 0.15) is 12.6 Å². The van der Waals surface area contributed by atoms with Gasteiger partial charge in [0.05, 0.1) is 15.6 Å². The molecule has 1 aliphatic rings. The summed E-state index contributed by atoms with van der Waals surface area (Å²) in [4.78, 5) is 28.8. The highest BCUT2D eigenvalue weighted by atomic mass is 35.5. The van der Waals surface area contributed by atoms with E-state index in [1.165, 1.54) is 35.2 Å². The van der Waals surface area contributed by atoms with Crippen LogP contribution in [0.2, 0.25) is 20.1 Å². The minimum atomic E-state index is -4.26. The molecule has 1 aliphatic carbocycles. The number of carbonyl (C=O) groups is 2. The molecule has 12 heteroatoms. The maximum atomic E-state index is 14.1. The molecule has 0 spiro atoms. The number of benzene rings is 3. The van der Waals surface area contributed by atoms with Crippen LogP contribution in [0, 0.1) is 0 Å². The van der Waals surface area contributed by atoms with Crippen LogP contribution >= 0.6 is 46.4 Å². The zero-order chi connectivity index (χ0) is 30.4. The van der Waals surface area contributed by atoms with Crippen LogP contribution < -0.4 is 9.62 Å². The normalized spacial score (nSPS) is 14.7. The molecular weight excluding hydrogens is 640 g/mol. The monoisotopic (exact) mass is 669 g/mol. The van der Waals surface area contributed by atoms with Gasteiger partial charge >= 0.3 is 0 Å². The zero-order valence-corrected chi connectivity index (χ0v) is 26.7. The summed E-state index contributed by atoms with van der Waals surface area (Å²) < 4.78 is 28.7. The molecule has 1 saturated carbocycles. The lowest BCUT2D eigenvalue weighted by atomic mass is 9.95. The van der Waals surface area contributed by atoms with Gasteiger partial charge in [0.2, 0.25) is 11.8 Å². The number of amides is 2. The highest BCUT2D eigenvalue weighted by Gasteiger charge is 2.34. The van der Waals surface area contributed by atoms with Gasteiger partial charge in [-0.15, -0.1) is 0 Å². The average molecular weight is 671 g/mol. The molecule has 0 radical (unpaired) electrons. The SMILES string of the molecule is CC(C(=O)NC1CCCCC1)N(Cc1ccc(Cl)cc1Cl)C(=O)CN(c1ccc(Cl)cc1Cl)S(=O)(=O)c1ccccc1. The molecule has 3 aromatic carbocycles. The predicted molar refractivity (Wildman–Crippen MR) is 169 cm³/mol. The molecule has 1 unspecified atom stereocenters. The minimum absolute atomic E-state index is 0.0209. The Hall–Kier alpha value is -2.49. The number of nitrogens with one attached hydrogen (secondary N) is 1. The van der Waals surface area contributed by atoms with E-state index >= 15 is 0 Å². The summed E-state index contributed by atoms with van der Waals surface area (Å²) in [6, 6.07) is 16.0. The number of anilines is 1. The van der Waals surface area contributed by atoms with E-state index < -0.39 is 28.5 Å². The number of sulfonamides is 1. The van der Waals surface area contributed by atoms with Crippen LogP contribution in [0.1, 0.15) is 44.6 Å². The van der Waals surface area contributed by atoms with Gasteiger partial charge in [-0.2, -0.15) is 0 Å². The van der Waals surface area contributed by atoms with Crippen LogP contribution in [-0.2, 0) is 26.2 Å². The van der Waals surface area contributed by atoms with Crippen molar-refractivity contribution >= 4 is 73.9 Å². The molecule has 7 nitrogen and oxygen atoms in total. The van der Waals surface area contributed by atoms with E-state index in [9.17, 15) is 18.0 Å². The molecule has 224 valence electrons. The Morgan fingerprint density at radius 3 is 2.12 bits per heavy atom. The Labute approximate surface area is 266 Å². The molecule has 0 bridgehead atoms. The van der Waals surface area contributed by atoms with Crippen LogP contribution in [-0.4, -0.2) is 43.8 Å². The Bertz CT molecular complexity index is 1530. The second-order valence-corrected chi connectivity index (χ2v) is 13.7. The van der Waals surface area contributed by atoms with Crippen molar-refractivity contribution in [3.8, 4) is 0 Å². The standard InChI is InChI=1S/C30H31Cl4N3O4S/c1-20(30(39)35-24-8-4-2-5-9-24)36(18-21-12-13-22(31)16-26(21)33)29(38)19-37(28-15-14-23(32)17-27(28)34)42(40,41)25-10-6-3-7-11-25/h3,6-7,10-17,20,24H,2,4-5,8-9,18-19H2,1H3,(H,35,39). The van der Waals surface area contributed by atoms with E-state index in [0.29, 0.717) is 20.6 Å². The van der Waals surface area contributed by atoms with Crippen LogP contribution in [0.4, 0.5) is 5.69 Å². The van der Waals surface area contributed by atoms with E-state index in [2.05, 4.69) is 5.32 Å². The van der Waals surface area contributed by atoms with Gasteiger partial charge in [0.15, 0.2) is 0 Å². The lowest BCUT2D eigenvalue weighted by Gasteiger charge is -2.33. The number of halogens is 4. The van der Waals surface area contributed by atoms with E-state index in [-0.39, 0.29) is 34.1 Å². The van der Waals surface area contributed by atoms with Crippen molar-refractivity contribution in [2.75, 3.05) is 10.8 Å². The molecule has 0 saturated heterocycles. The lowest BCUT2D eigenvalue weighted by Crippen LogP contribution is -2.53. The van der Waals surface area contributed by atoms with Crippen LogP contribution in [0.3, 0.4) is 0 Å². The molecule has 3 aromatic rings. The minimum Gasteiger partial charge on any atom is -0.352 e. The third kappa shape index (κ3) is 7.91. The number of nitrogens with zero attached hydrogens (tertiary/aromatic N) is 2. The molecule has 1 fully saturated rings. The summed E-state index contributed by atoms with van der Waals surface area (Å²) in [7, 11) is -4.26. The molecular formula is C30H31Cl4N3O4S. The second-order valence-electron chi connectivity index (χ2n) is 10.2. The van der Waals surface area contributed by atoms with Crippen LogP contribution in [0.5, 0.6) is 0 Å². The number of hydrogen-bond acceptors (Lipinski definition) is 4. The number of rotatable bonds is 10. The van der Waals surface area contributed by atoms with Gasteiger partial charge in [-0.3, -0.25) is 13.9 Å².